The lowest BCUT2D eigenvalue weighted by molar-refractivity contribution is 0.0218. The summed E-state index contributed by atoms with van der Waals surface area (Å²) < 4.78 is 0. The molecule has 0 amide bonds. The van der Waals surface area contributed by atoms with E-state index in [9.17, 15) is 0 Å². The highest BCUT2D eigenvalue weighted by molar-refractivity contribution is 5.21. The number of nitrogens with zero attached hydrogens (tertiary/aromatic N) is 3. The normalized spacial score (nSPS) is 24.4. The van der Waals surface area contributed by atoms with E-state index >= 15 is 0 Å². The van der Waals surface area contributed by atoms with Gasteiger partial charge in [0, 0.05) is 32.0 Å². The topological polar surface area (TPSA) is 19.4 Å². The summed E-state index contributed by atoms with van der Waals surface area (Å²) in [5, 5.41) is 0. The molecule has 0 bridgehead atoms. The number of pyridine rings is 1. The zero-order chi connectivity index (χ0) is 17.1. The van der Waals surface area contributed by atoms with Crippen molar-refractivity contribution >= 4 is 0 Å². The molecule has 3 heteroatoms. The summed E-state index contributed by atoms with van der Waals surface area (Å²) in [5.74, 6) is 0.685. The van der Waals surface area contributed by atoms with Crippen molar-refractivity contribution in [3.8, 4) is 0 Å². The van der Waals surface area contributed by atoms with Crippen molar-refractivity contribution in [3.05, 3.63) is 66.0 Å². The first-order valence-corrected chi connectivity index (χ1v) is 9.57. The van der Waals surface area contributed by atoms with E-state index in [1.54, 1.807) is 0 Å². The van der Waals surface area contributed by atoms with Crippen LogP contribution in [0.1, 0.15) is 36.3 Å². The van der Waals surface area contributed by atoms with E-state index in [2.05, 4.69) is 58.2 Å². The van der Waals surface area contributed by atoms with Gasteiger partial charge in [0.2, 0.25) is 0 Å². The maximum atomic E-state index is 4.25. The number of rotatable bonds is 3. The molecule has 0 radical (unpaired) electrons. The molecule has 2 saturated heterocycles. The average Bonchev–Trinajstić information content (AvgIpc) is 2.65. The molecule has 4 rings (SSSR count). The quantitative estimate of drug-likeness (QED) is 0.851. The van der Waals surface area contributed by atoms with Crippen LogP contribution in [0.5, 0.6) is 0 Å². The van der Waals surface area contributed by atoms with Crippen LogP contribution in [0.25, 0.3) is 0 Å². The SMILES string of the molecule is CN1C[C@H](c2ccccc2)CC2(CCN(Cc3cccnc3)CC2)C1. The van der Waals surface area contributed by atoms with Crippen molar-refractivity contribution in [1.29, 1.82) is 0 Å². The predicted molar refractivity (Wildman–Crippen MR) is 102 cm³/mol. The third-order valence-corrected chi connectivity index (χ3v) is 6.13. The fraction of sp³-hybridized carbons (Fsp3) is 0.500. The third kappa shape index (κ3) is 3.94. The number of hydrogen-bond donors (Lipinski definition) is 0. The highest BCUT2D eigenvalue weighted by Crippen LogP contribution is 2.44. The Bertz CT molecular complexity index is 662. The molecule has 3 nitrogen and oxygen atoms in total. The van der Waals surface area contributed by atoms with Crippen molar-refractivity contribution in [2.75, 3.05) is 33.2 Å². The summed E-state index contributed by atoms with van der Waals surface area (Å²) >= 11 is 0. The minimum absolute atomic E-state index is 0.499. The molecule has 1 aromatic heterocycles. The fourth-order valence-corrected chi connectivity index (χ4v) is 4.91. The zero-order valence-corrected chi connectivity index (χ0v) is 15.3. The molecule has 3 heterocycles. The Morgan fingerprint density at radius 2 is 1.88 bits per heavy atom. The third-order valence-electron chi connectivity index (χ3n) is 6.13. The van der Waals surface area contributed by atoms with Crippen LogP contribution in [-0.4, -0.2) is 48.0 Å². The molecule has 132 valence electrons. The number of benzene rings is 1. The van der Waals surface area contributed by atoms with Crippen molar-refractivity contribution in [2.45, 2.75) is 31.7 Å². The standard InChI is InChI=1S/C22H29N3/c1-24-17-21(20-7-3-2-4-8-20)14-22(18-24)9-12-25(13-10-22)16-19-6-5-11-23-15-19/h2-8,11,15,21H,9-10,12-14,16-18H2,1H3/t21-/m1/s1. The van der Waals surface area contributed by atoms with Gasteiger partial charge in [-0.05, 0) is 67.9 Å². The summed E-state index contributed by atoms with van der Waals surface area (Å²) in [5.41, 5.74) is 3.35. The molecule has 0 saturated carbocycles. The Balaban J connectivity index is 1.41. The van der Waals surface area contributed by atoms with Gasteiger partial charge in [-0.25, -0.2) is 0 Å². The van der Waals surface area contributed by atoms with E-state index in [1.807, 2.05) is 18.5 Å². The lowest BCUT2D eigenvalue weighted by atomic mass is 9.68. The molecule has 1 atom stereocenters. The molecule has 1 spiro atoms. The Kier molecular flexibility index (Phi) is 4.87. The second kappa shape index (κ2) is 7.27. The van der Waals surface area contributed by atoms with E-state index in [1.165, 1.54) is 56.6 Å². The molecule has 2 fully saturated rings. The first kappa shape index (κ1) is 16.7. The van der Waals surface area contributed by atoms with Crippen molar-refractivity contribution in [2.24, 2.45) is 5.41 Å². The lowest BCUT2D eigenvalue weighted by Crippen LogP contribution is -2.50. The fourth-order valence-electron chi connectivity index (χ4n) is 4.91. The Hall–Kier alpha value is -1.71. The second-order valence-electron chi connectivity index (χ2n) is 8.15. The summed E-state index contributed by atoms with van der Waals surface area (Å²) in [7, 11) is 2.30. The van der Waals surface area contributed by atoms with Gasteiger partial charge in [-0.15, -0.1) is 0 Å². The summed E-state index contributed by atoms with van der Waals surface area (Å²) in [4.78, 5) is 9.43. The van der Waals surface area contributed by atoms with Crippen molar-refractivity contribution in [3.63, 3.8) is 0 Å². The molecule has 0 unspecified atom stereocenters. The van der Waals surface area contributed by atoms with Crippen LogP contribution in [0.4, 0.5) is 0 Å². The highest BCUT2D eigenvalue weighted by Gasteiger charge is 2.41. The van der Waals surface area contributed by atoms with Gasteiger partial charge >= 0.3 is 0 Å². The van der Waals surface area contributed by atoms with Crippen LogP contribution < -0.4 is 0 Å². The number of aromatic nitrogens is 1. The van der Waals surface area contributed by atoms with Crippen LogP contribution >= 0.6 is 0 Å². The van der Waals surface area contributed by atoms with Gasteiger partial charge in [0.1, 0.15) is 0 Å². The summed E-state index contributed by atoms with van der Waals surface area (Å²) in [6.45, 7) is 5.93. The van der Waals surface area contributed by atoms with Crippen molar-refractivity contribution in [1.82, 2.24) is 14.8 Å². The molecule has 2 aromatic rings. The molecule has 25 heavy (non-hydrogen) atoms. The van der Waals surface area contributed by atoms with E-state index in [4.69, 9.17) is 0 Å². The maximum absolute atomic E-state index is 4.25. The Morgan fingerprint density at radius 1 is 1.08 bits per heavy atom. The number of hydrogen-bond acceptors (Lipinski definition) is 3. The molecule has 0 N–H and O–H groups in total. The van der Waals surface area contributed by atoms with E-state index in [0.29, 0.717) is 11.3 Å². The molecular weight excluding hydrogens is 306 g/mol. The van der Waals surface area contributed by atoms with Gasteiger partial charge in [0.05, 0.1) is 0 Å². The largest absolute Gasteiger partial charge is 0.305 e. The van der Waals surface area contributed by atoms with Crippen molar-refractivity contribution < 1.29 is 0 Å². The van der Waals surface area contributed by atoms with Crippen LogP contribution in [0, 0.1) is 5.41 Å². The van der Waals surface area contributed by atoms with Gasteiger partial charge in [-0.3, -0.25) is 9.88 Å². The monoisotopic (exact) mass is 335 g/mol. The molecule has 2 aliphatic heterocycles. The molecular formula is C22H29N3. The van der Waals surface area contributed by atoms with Gasteiger partial charge < -0.3 is 4.90 Å². The zero-order valence-electron chi connectivity index (χ0n) is 15.3. The Labute approximate surface area is 151 Å². The van der Waals surface area contributed by atoms with E-state index in [-0.39, 0.29) is 0 Å². The summed E-state index contributed by atoms with van der Waals surface area (Å²) in [6.07, 6.45) is 7.85. The average molecular weight is 335 g/mol. The van der Waals surface area contributed by atoms with Crippen LogP contribution in [-0.2, 0) is 6.54 Å². The molecule has 2 aliphatic rings. The van der Waals surface area contributed by atoms with Crippen LogP contribution in [0.15, 0.2) is 54.9 Å². The van der Waals surface area contributed by atoms with Gasteiger partial charge in [0.15, 0.2) is 0 Å². The minimum Gasteiger partial charge on any atom is -0.305 e. The van der Waals surface area contributed by atoms with Gasteiger partial charge in [-0.2, -0.15) is 0 Å². The Morgan fingerprint density at radius 3 is 2.60 bits per heavy atom. The lowest BCUT2D eigenvalue weighted by Gasteiger charge is -2.49. The molecule has 1 aromatic carbocycles. The number of piperidine rings is 2. The first-order chi connectivity index (χ1) is 12.2. The minimum atomic E-state index is 0.499. The highest BCUT2D eigenvalue weighted by atomic mass is 15.2. The maximum Gasteiger partial charge on any atom is 0.0312 e. The van der Waals surface area contributed by atoms with E-state index < -0.39 is 0 Å². The molecule has 0 aliphatic carbocycles. The van der Waals surface area contributed by atoms with Crippen LogP contribution in [0.3, 0.4) is 0 Å². The number of likely N-dealkylation sites (tertiary alicyclic amines) is 2. The van der Waals surface area contributed by atoms with E-state index in [0.717, 1.165) is 6.54 Å². The number of likely N-dealkylation sites (N-methyl/N-ethyl adjacent to an activating group) is 1. The second-order valence-corrected chi connectivity index (χ2v) is 8.15. The van der Waals surface area contributed by atoms with Crippen LogP contribution in [0.2, 0.25) is 0 Å². The first-order valence-electron chi connectivity index (χ1n) is 9.57. The summed E-state index contributed by atoms with van der Waals surface area (Å²) in [6, 6.07) is 15.4. The van der Waals surface area contributed by atoms with Gasteiger partial charge in [-0.1, -0.05) is 36.4 Å². The smallest absolute Gasteiger partial charge is 0.0312 e. The predicted octanol–water partition coefficient (Wildman–Crippen LogP) is 3.78. The van der Waals surface area contributed by atoms with Gasteiger partial charge in [0.25, 0.3) is 0 Å².